The van der Waals surface area contributed by atoms with Gasteiger partial charge in [0.25, 0.3) is 5.91 Å². The zero-order chi connectivity index (χ0) is 21.3. The fraction of sp³-hybridized carbons (Fsp3) is 0.100. The molecule has 10 heteroatoms. The Labute approximate surface area is 172 Å². The summed E-state index contributed by atoms with van der Waals surface area (Å²) in [5, 5.41) is 21.4. The quantitative estimate of drug-likeness (QED) is 0.450. The summed E-state index contributed by atoms with van der Waals surface area (Å²) in [7, 11) is 0. The summed E-state index contributed by atoms with van der Waals surface area (Å²) >= 11 is 1.20. The number of rotatable bonds is 5. The van der Waals surface area contributed by atoms with Crippen molar-refractivity contribution in [3.8, 4) is 11.3 Å². The monoisotopic (exact) mass is 428 g/mol. The van der Waals surface area contributed by atoms with Crippen molar-refractivity contribution in [2.75, 3.05) is 11.9 Å². The molecular formula is C20H14F2N4O3S. The van der Waals surface area contributed by atoms with Crippen molar-refractivity contribution in [1.82, 2.24) is 15.0 Å². The minimum atomic E-state index is -1.22. The minimum Gasteiger partial charge on any atom is -0.393 e. The van der Waals surface area contributed by atoms with Crippen molar-refractivity contribution in [2.24, 2.45) is 0 Å². The molecule has 0 spiro atoms. The van der Waals surface area contributed by atoms with Gasteiger partial charge < -0.3 is 10.2 Å². The molecule has 0 bridgehead atoms. The topological polar surface area (TPSA) is 108 Å². The lowest BCUT2D eigenvalue weighted by atomic mass is 10.1. The zero-order valence-corrected chi connectivity index (χ0v) is 16.0. The smallest absolute Gasteiger partial charge is 0.276 e. The highest BCUT2D eigenvalue weighted by atomic mass is 32.1. The Hall–Kier alpha value is -3.34. The number of fused-ring (bicyclic) bond motifs is 1. The molecule has 3 heterocycles. The first-order chi connectivity index (χ1) is 14.4. The Morgan fingerprint density at radius 3 is 2.67 bits per heavy atom. The molecule has 1 amide bonds. The number of carbonyl (C=O) groups is 1. The van der Waals surface area contributed by atoms with Gasteiger partial charge in [0.05, 0.1) is 16.8 Å². The fourth-order valence-electron chi connectivity index (χ4n) is 2.74. The van der Waals surface area contributed by atoms with Gasteiger partial charge in [-0.1, -0.05) is 11.3 Å². The van der Waals surface area contributed by atoms with Crippen molar-refractivity contribution in [1.29, 1.82) is 0 Å². The highest BCUT2D eigenvalue weighted by molar-refractivity contribution is 7.22. The largest absolute Gasteiger partial charge is 0.393 e. The molecule has 30 heavy (non-hydrogen) atoms. The third-order valence-corrected chi connectivity index (χ3v) is 5.21. The number of aromatic nitrogens is 3. The lowest BCUT2D eigenvalue weighted by molar-refractivity contribution is 0.0951. The van der Waals surface area contributed by atoms with Crippen LogP contribution in [0.2, 0.25) is 0 Å². The summed E-state index contributed by atoms with van der Waals surface area (Å²) in [5.74, 6) is -1.63. The highest BCUT2D eigenvalue weighted by Gasteiger charge is 2.15. The summed E-state index contributed by atoms with van der Waals surface area (Å²) in [6, 6.07) is 8.16. The van der Waals surface area contributed by atoms with Crippen LogP contribution in [0.1, 0.15) is 22.2 Å². The Morgan fingerprint density at radius 1 is 1.13 bits per heavy atom. The third kappa shape index (κ3) is 4.01. The van der Waals surface area contributed by atoms with Crippen LogP contribution in [-0.2, 0) is 0 Å². The number of benzene rings is 1. The van der Waals surface area contributed by atoms with E-state index in [2.05, 4.69) is 20.3 Å². The molecule has 0 saturated heterocycles. The van der Waals surface area contributed by atoms with Gasteiger partial charge in [0.2, 0.25) is 0 Å². The predicted octanol–water partition coefficient (Wildman–Crippen LogP) is 3.31. The van der Waals surface area contributed by atoms with E-state index in [1.807, 2.05) is 0 Å². The molecule has 0 aliphatic carbocycles. The summed E-state index contributed by atoms with van der Waals surface area (Å²) in [5.41, 5.74) is 1.01. The van der Waals surface area contributed by atoms with E-state index in [9.17, 15) is 18.7 Å². The molecule has 1 aromatic carbocycles. The first-order valence-electron chi connectivity index (χ1n) is 8.73. The van der Waals surface area contributed by atoms with Crippen LogP contribution in [0.3, 0.4) is 0 Å². The number of pyridine rings is 2. The van der Waals surface area contributed by atoms with Crippen LogP contribution < -0.4 is 5.32 Å². The number of thiazole rings is 1. The number of nitrogens with zero attached hydrogens (tertiary/aromatic N) is 3. The lowest BCUT2D eigenvalue weighted by Crippen LogP contribution is -2.13. The van der Waals surface area contributed by atoms with E-state index in [0.717, 1.165) is 10.8 Å². The second-order valence-corrected chi connectivity index (χ2v) is 7.35. The van der Waals surface area contributed by atoms with Gasteiger partial charge in [0, 0.05) is 29.6 Å². The summed E-state index contributed by atoms with van der Waals surface area (Å²) in [6.07, 6.45) is 1.34. The molecule has 0 fully saturated rings. The molecule has 3 aromatic heterocycles. The molecule has 4 rings (SSSR count). The molecule has 0 aliphatic heterocycles. The average Bonchev–Trinajstić information content (AvgIpc) is 3.14. The van der Waals surface area contributed by atoms with Crippen LogP contribution in [0.4, 0.5) is 13.9 Å². The molecule has 0 saturated carbocycles. The number of hydrogen-bond acceptors (Lipinski definition) is 7. The maximum Gasteiger partial charge on any atom is 0.276 e. The second-order valence-electron chi connectivity index (χ2n) is 6.31. The van der Waals surface area contributed by atoms with Gasteiger partial charge in [-0.15, -0.1) is 0 Å². The number of carbonyl (C=O) groups excluding carboxylic acids is 1. The van der Waals surface area contributed by atoms with Gasteiger partial charge in [-0.3, -0.25) is 20.1 Å². The Morgan fingerprint density at radius 2 is 1.97 bits per heavy atom. The first kappa shape index (κ1) is 20.0. The molecule has 152 valence electrons. The lowest BCUT2D eigenvalue weighted by Gasteiger charge is -2.09. The normalized spacial score (nSPS) is 12.1. The Bertz CT molecular complexity index is 1230. The van der Waals surface area contributed by atoms with E-state index in [4.69, 9.17) is 5.11 Å². The van der Waals surface area contributed by atoms with Crippen molar-refractivity contribution < 1.29 is 23.8 Å². The number of aliphatic hydroxyl groups excluding tert-OH is 2. The van der Waals surface area contributed by atoms with E-state index in [1.54, 1.807) is 6.07 Å². The number of aliphatic hydroxyl groups is 2. The van der Waals surface area contributed by atoms with Gasteiger partial charge in [-0.2, -0.15) is 0 Å². The third-order valence-electron chi connectivity index (χ3n) is 4.26. The number of hydrogen-bond donors (Lipinski definition) is 3. The van der Waals surface area contributed by atoms with Gasteiger partial charge in [-0.05, 0) is 30.3 Å². The van der Waals surface area contributed by atoms with E-state index in [0.29, 0.717) is 16.2 Å². The summed E-state index contributed by atoms with van der Waals surface area (Å²) < 4.78 is 28.3. The Balaban J connectivity index is 1.52. The molecule has 7 nitrogen and oxygen atoms in total. The zero-order valence-electron chi connectivity index (χ0n) is 15.2. The molecule has 4 aromatic rings. The number of anilines is 1. The summed E-state index contributed by atoms with van der Waals surface area (Å²) in [4.78, 5) is 24.6. The standard InChI is InChI=1S/C20H14F2N4O3S/c21-12-2-4-17-15(6-12)25-20(30-17)26-19(29)14-3-1-10(7-23-14)18-13(22)5-11(8-24-18)16(28)9-27/h1-8,16,27-28H,9H2,(H,25,26,29)/t16-/m1/s1. The Kier molecular flexibility index (Phi) is 5.44. The minimum absolute atomic E-state index is 0.00320. The van der Waals surface area contributed by atoms with Gasteiger partial charge in [-0.25, -0.2) is 13.8 Å². The average molecular weight is 428 g/mol. The van der Waals surface area contributed by atoms with Crippen molar-refractivity contribution >= 4 is 32.6 Å². The van der Waals surface area contributed by atoms with Crippen LogP contribution >= 0.6 is 11.3 Å². The van der Waals surface area contributed by atoms with Crippen LogP contribution in [0.25, 0.3) is 21.5 Å². The molecule has 1 atom stereocenters. The van der Waals surface area contributed by atoms with Gasteiger partial charge in [0.1, 0.15) is 29.1 Å². The summed E-state index contributed by atoms with van der Waals surface area (Å²) in [6.45, 7) is -0.546. The number of nitrogens with one attached hydrogen (secondary N) is 1. The molecule has 0 radical (unpaired) electrons. The second kappa shape index (κ2) is 8.19. The van der Waals surface area contributed by atoms with E-state index < -0.39 is 30.3 Å². The van der Waals surface area contributed by atoms with Gasteiger partial charge >= 0.3 is 0 Å². The van der Waals surface area contributed by atoms with Crippen LogP contribution in [0, 0.1) is 11.6 Å². The molecular weight excluding hydrogens is 414 g/mol. The van der Waals surface area contributed by atoms with E-state index in [1.165, 1.54) is 48.0 Å². The van der Waals surface area contributed by atoms with Crippen molar-refractivity contribution in [3.63, 3.8) is 0 Å². The molecule has 3 N–H and O–H groups in total. The van der Waals surface area contributed by atoms with Crippen LogP contribution in [0.5, 0.6) is 0 Å². The van der Waals surface area contributed by atoms with Crippen LogP contribution in [0.15, 0.2) is 48.8 Å². The van der Waals surface area contributed by atoms with Crippen LogP contribution in [-0.4, -0.2) is 37.7 Å². The van der Waals surface area contributed by atoms with E-state index >= 15 is 0 Å². The maximum atomic E-state index is 14.3. The van der Waals surface area contributed by atoms with Crippen molar-refractivity contribution in [2.45, 2.75) is 6.10 Å². The van der Waals surface area contributed by atoms with E-state index in [-0.39, 0.29) is 17.0 Å². The number of amides is 1. The highest BCUT2D eigenvalue weighted by Crippen LogP contribution is 2.27. The maximum absolute atomic E-state index is 14.3. The first-order valence-corrected chi connectivity index (χ1v) is 9.54. The molecule has 0 aliphatic rings. The number of halogens is 2. The molecule has 0 unspecified atom stereocenters. The van der Waals surface area contributed by atoms with Gasteiger partial charge in [0.15, 0.2) is 5.13 Å². The predicted molar refractivity (Wildman–Crippen MR) is 107 cm³/mol. The fourth-order valence-corrected chi connectivity index (χ4v) is 3.58. The van der Waals surface area contributed by atoms with Crippen molar-refractivity contribution in [3.05, 3.63) is 71.7 Å². The SMILES string of the molecule is O=C(Nc1nc2cc(F)ccc2s1)c1ccc(-c2ncc([C@H](O)CO)cc2F)cn1.